The summed E-state index contributed by atoms with van der Waals surface area (Å²) in [6, 6.07) is 3.61. The van der Waals surface area contributed by atoms with E-state index in [2.05, 4.69) is 36.1 Å². The van der Waals surface area contributed by atoms with Gasteiger partial charge in [0.1, 0.15) is 4.88 Å². The predicted molar refractivity (Wildman–Crippen MR) is 77.7 cm³/mol. The molecular weight excluding hydrogens is 258 g/mol. The maximum atomic E-state index is 12.1. The molecule has 2 aromatic heterocycles. The van der Waals surface area contributed by atoms with Gasteiger partial charge in [-0.25, -0.2) is 4.98 Å². The molecule has 5 heteroatoms. The molecule has 0 unspecified atom stereocenters. The first-order valence-electron chi connectivity index (χ1n) is 6.06. The third-order valence-electron chi connectivity index (χ3n) is 2.53. The summed E-state index contributed by atoms with van der Waals surface area (Å²) in [5.41, 5.74) is 1.59. The first kappa shape index (κ1) is 13.7. The van der Waals surface area contributed by atoms with Crippen LogP contribution in [-0.2, 0) is 5.41 Å². The minimum absolute atomic E-state index is 0.0313. The molecule has 1 amide bonds. The second kappa shape index (κ2) is 5.09. The molecule has 2 rings (SSSR count). The second-order valence-electron chi connectivity index (χ2n) is 5.42. The number of pyridine rings is 1. The Balaban J connectivity index is 2.14. The molecule has 0 aliphatic carbocycles. The van der Waals surface area contributed by atoms with Gasteiger partial charge in [0.15, 0.2) is 0 Å². The van der Waals surface area contributed by atoms with Gasteiger partial charge in [-0.1, -0.05) is 20.8 Å². The van der Waals surface area contributed by atoms with Crippen LogP contribution in [0.4, 0.5) is 5.69 Å². The molecule has 100 valence electrons. The molecule has 0 saturated heterocycles. The Morgan fingerprint density at radius 1 is 1.32 bits per heavy atom. The van der Waals surface area contributed by atoms with E-state index >= 15 is 0 Å². The van der Waals surface area contributed by atoms with Crippen LogP contribution in [0.5, 0.6) is 0 Å². The SMILES string of the molecule is Cc1cc(NC(=O)c2cnc(C(C)(C)C)s2)ccn1. The fraction of sp³-hybridized carbons (Fsp3) is 0.357. The van der Waals surface area contributed by atoms with Crippen LogP contribution in [0.1, 0.15) is 41.1 Å². The number of thiazole rings is 1. The molecule has 0 saturated carbocycles. The van der Waals surface area contributed by atoms with E-state index in [0.717, 1.165) is 16.4 Å². The minimum Gasteiger partial charge on any atom is -0.321 e. The monoisotopic (exact) mass is 275 g/mol. The maximum Gasteiger partial charge on any atom is 0.267 e. The number of aryl methyl sites for hydroxylation is 1. The number of hydrogen-bond donors (Lipinski definition) is 1. The van der Waals surface area contributed by atoms with Crippen LogP contribution in [0.3, 0.4) is 0 Å². The number of nitrogens with zero attached hydrogens (tertiary/aromatic N) is 2. The van der Waals surface area contributed by atoms with E-state index < -0.39 is 0 Å². The number of hydrogen-bond acceptors (Lipinski definition) is 4. The molecule has 0 aliphatic heterocycles. The first-order chi connectivity index (χ1) is 8.86. The fourth-order valence-corrected chi connectivity index (χ4v) is 2.41. The van der Waals surface area contributed by atoms with Gasteiger partial charge in [-0.15, -0.1) is 11.3 Å². The highest BCUT2D eigenvalue weighted by molar-refractivity contribution is 7.13. The van der Waals surface area contributed by atoms with E-state index in [4.69, 9.17) is 0 Å². The Morgan fingerprint density at radius 3 is 2.63 bits per heavy atom. The molecule has 0 radical (unpaired) electrons. The molecule has 2 heterocycles. The summed E-state index contributed by atoms with van der Waals surface area (Å²) in [4.78, 5) is 21.1. The average molecular weight is 275 g/mol. The Morgan fingerprint density at radius 2 is 2.05 bits per heavy atom. The molecular formula is C14H17N3OS. The number of carbonyl (C=O) groups is 1. The number of amides is 1. The molecule has 0 fully saturated rings. The summed E-state index contributed by atoms with van der Waals surface area (Å²) >= 11 is 1.43. The van der Waals surface area contributed by atoms with Gasteiger partial charge in [0, 0.05) is 23.0 Å². The molecule has 0 aliphatic rings. The van der Waals surface area contributed by atoms with Gasteiger partial charge in [0.05, 0.1) is 11.2 Å². The number of nitrogens with one attached hydrogen (secondary N) is 1. The number of anilines is 1. The topological polar surface area (TPSA) is 54.9 Å². The van der Waals surface area contributed by atoms with Gasteiger partial charge >= 0.3 is 0 Å². The lowest BCUT2D eigenvalue weighted by Crippen LogP contribution is -2.11. The summed E-state index contributed by atoms with van der Waals surface area (Å²) in [5, 5.41) is 3.82. The normalized spacial score (nSPS) is 11.4. The van der Waals surface area contributed by atoms with Crippen molar-refractivity contribution in [3.05, 3.63) is 40.1 Å². The molecule has 0 aromatic carbocycles. The fourth-order valence-electron chi connectivity index (χ4n) is 1.54. The van der Waals surface area contributed by atoms with E-state index in [1.54, 1.807) is 18.5 Å². The van der Waals surface area contributed by atoms with Crippen LogP contribution >= 0.6 is 11.3 Å². The van der Waals surface area contributed by atoms with Crippen molar-refractivity contribution in [2.75, 3.05) is 5.32 Å². The summed E-state index contributed by atoms with van der Waals surface area (Å²) in [6.45, 7) is 8.14. The highest BCUT2D eigenvalue weighted by Gasteiger charge is 2.20. The zero-order chi connectivity index (χ0) is 14.0. The Bertz CT molecular complexity index is 599. The molecule has 0 spiro atoms. The van der Waals surface area contributed by atoms with Gasteiger partial charge in [-0.05, 0) is 19.1 Å². The largest absolute Gasteiger partial charge is 0.321 e. The van der Waals surface area contributed by atoms with Crippen molar-refractivity contribution >= 4 is 22.9 Å². The van der Waals surface area contributed by atoms with Gasteiger partial charge in [0.2, 0.25) is 0 Å². The number of rotatable bonds is 2. The van der Waals surface area contributed by atoms with E-state index in [0.29, 0.717) is 4.88 Å². The third-order valence-corrected chi connectivity index (χ3v) is 3.95. The zero-order valence-electron chi connectivity index (χ0n) is 11.5. The van der Waals surface area contributed by atoms with Crippen molar-refractivity contribution in [1.82, 2.24) is 9.97 Å². The minimum atomic E-state index is -0.126. The molecule has 2 aromatic rings. The van der Waals surface area contributed by atoms with Crippen LogP contribution in [0.15, 0.2) is 24.5 Å². The Kier molecular flexibility index (Phi) is 3.66. The van der Waals surface area contributed by atoms with Gasteiger partial charge in [-0.2, -0.15) is 0 Å². The average Bonchev–Trinajstić information content (AvgIpc) is 2.77. The van der Waals surface area contributed by atoms with Crippen molar-refractivity contribution in [3.8, 4) is 0 Å². The highest BCUT2D eigenvalue weighted by atomic mass is 32.1. The van der Waals surface area contributed by atoms with Crippen molar-refractivity contribution in [3.63, 3.8) is 0 Å². The molecule has 0 atom stereocenters. The lowest BCUT2D eigenvalue weighted by Gasteiger charge is -2.13. The zero-order valence-corrected chi connectivity index (χ0v) is 12.3. The number of carbonyl (C=O) groups excluding carboxylic acids is 1. The van der Waals surface area contributed by atoms with Gasteiger partial charge in [-0.3, -0.25) is 9.78 Å². The van der Waals surface area contributed by atoms with Crippen molar-refractivity contribution in [2.24, 2.45) is 0 Å². The summed E-state index contributed by atoms with van der Waals surface area (Å²) in [5.74, 6) is -0.126. The number of aromatic nitrogens is 2. The third kappa shape index (κ3) is 3.38. The van der Waals surface area contributed by atoms with Crippen LogP contribution < -0.4 is 5.32 Å². The molecule has 0 bridgehead atoms. The van der Waals surface area contributed by atoms with Crippen LogP contribution in [0.25, 0.3) is 0 Å². The second-order valence-corrected chi connectivity index (χ2v) is 6.45. The van der Waals surface area contributed by atoms with E-state index in [9.17, 15) is 4.79 Å². The molecule has 1 N–H and O–H groups in total. The van der Waals surface area contributed by atoms with Crippen molar-refractivity contribution in [2.45, 2.75) is 33.1 Å². The highest BCUT2D eigenvalue weighted by Crippen LogP contribution is 2.27. The lowest BCUT2D eigenvalue weighted by molar-refractivity contribution is 0.103. The van der Waals surface area contributed by atoms with E-state index in [1.807, 2.05) is 13.0 Å². The molecule has 4 nitrogen and oxygen atoms in total. The summed E-state index contributed by atoms with van der Waals surface area (Å²) in [6.07, 6.45) is 3.31. The predicted octanol–water partition coefficient (Wildman–Crippen LogP) is 3.40. The summed E-state index contributed by atoms with van der Waals surface area (Å²) in [7, 11) is 0. The van der Waals surface area contributed by atoms with Crippen LogP contribution in [-0.4, -0.2) is 15.9 Å². The first-order valence-corrected chi connectivity index (χ1v) is 6.88. The van der Waals surface area contributed by atoms with Crippen molar-refractivity contribution < 1.29 is 4.79 Å². The van der Waals surface area contributed by atoms with Crippen LogP contribution in [0, 0.1) is 6.92 Å². The van der Waals surface area contributed by atoms with Gasteiger partial charge < -0.3 is 5.32 Å². The standard InChI is InChI=1S/C14H17N3OS/c1-9-7-10(5-6-15-9)17-12(18)11-8-16-13(19-11)14(2,3)4/h5-8H,1-4H3,(H,15,17,18). The smallest absolute Gasteiger partial charge is 0.267 e. The lowest BCUT2D eigenvalue weighted by atomic mass is 9.98. The molecule has 19 heavy (non-hydrogen) atoms. The quantitative estimate of drug-likeness (QED) is 0.914. The van der Waals surface area contributed by atoms with Crippen LogP contribution in [0.2, 0.25) is 0 Å². The van der Waals surface area contributed by atoms with E-state index in [-0.39, 0.29) is 11.3 Å². The van der Waals surface area contributed by atoms with Gasteiger partial charge in [0.25, 0.3) is 5.91 Å². The maximum absolute atomic E-state index is 12.1. The van der Waals surface area contributed by atoms with Crippen molar-refractivity contribution in [1.29, 1.82) is 0 Å². The Labute approximate surface area is 116 Å². The van der Waals surface area contributed by atoms with E-state index in [1.165, 1.54) is 11.3 Å². The Hall–Kier alpha value is -1.75. The summed E-state index contributed by atoms with van der Waals surface area (Å²) < 4.78 is 0.